The van der Waals surface area contributed by atoms with Crippen molar-refractivity contribution in [3.8, 4) is 5.75 Å². The fourth-order valence-corrected chi connectivity index (χ4v) is 1.76. The molecule has 0 atom stereocenters. The number of nitrogens with zero attached hydrogens (tertiary/aromatic N) is 1. The predicted octanol–water partition coefficient (Wildman–Crippen LogP) is 2.06. The molecule has 0 bridgehead atoms. The lowest BCUT2D eigenvalue weighted by Crippen LogP contribution is -2.53. The summed E-state index contributed by atoms with van der Waals surface area (Å²) in [6.45, 7) is 0.225. The zero-order valence-corrected chi connectivity index (χ0v) is 11.5. The van der Waals surface area contributed by atoms with E-state index in [-0.39, 0.29) is 31.5 Å². The zero-order chi connectivity index (χ0) is 16.3. The van der Waals surface area contributed by atoms with Crippen molar-refractivity contribution in [3.63, 3.8) is 0 Å². The van der Waals surface area contributed by atoms with Gasteiger partial charge in [-0.3, -0.25) is 0 Å². The van der Waals surface area contributed by atoms with Crippen LogP contribution in [0, 0.1) is 5.82 Å². The Hall–Kier alpha value is -1.87. The second-order valence-electron chi connectivity index (χ2n) is 4.63. The van der Waals surface area contributed by atoms with Crippen LogP contribution in [0.5, 0.6) is 5.75 Å². The number of benzene rings is 1. The number of hydrogen-bond donors (Lipinski definition) is 0. The van der Waals surface area contributed by atoms with Crippen molar-refractivity contribution >= 4 is 5.97 Å². The van der Waals surface area contributed by atoms with E-state index in [2.05, 4.69) is 4.84 Å². The molecule has 0 aromatic heterocycles. The highest BCUT2D eigenvalue weighted by molar-refractivity contribution is 5.75. The molecule has 1 aromatic carbocycles. The first-order valence-electron chi connectivity index (χ1n) is 6.27. The number of carbonyl (C=O) groups excluding carboxylic acids is 1. The third-order valence-electron chi connectivity index (χ3n) is 2.96. The molecule has 0 spiro atoms. The monoisotopic (exact) mass is 323 g/mol. The second-order valence-corrected chi connectivity index (χ2v) is 4.63. The van der Waals surface area contributed by atoms with Gasteiger partial charge in [0, 0.05) is 0 Å². The van der Waals surface area contributed by atoms with Crippen LogP contribution in [-0.2, 0) is 21.0 Å². The predicted molar refractivity (Wildman–Crippen MR) is 65.2 cm³/mol. The van der Waals surface area contributed by atoms with Crippen molar-refractivity contribution in [1.82, 2.24) is 5.06 Å². The summed E-state index contributed by atoms with van der Waals surface area (Å²) in [5, 5.41) is 0.867. The topological polar surface area (TPSA) is 48.0 Å². The number of rotatable bonds is 5. The van der Waals surface area contributed by atoms with Gasteiger partial charge in [0.15, 0.2) is 11.6 Å². The molecule has 1 heterocycles. The first kappa shape index (κ1) is 16.5. The SMILES string of the molecule is COc1cc(COC2CN(OC(=O)C(F)(F)F)C2)ccc1F. The molecule has 122 valence electrons. The van der Waals surface area contributed by atoms with Crippen LogP contribution < -0.4 is 4.74 Å². The Morgan fingerprint density at radius 2 is 2.05 bits per heavy atom. The maximum absolute atomic E-state index is 13.2. The van der Waals surface area contributed by atoms with Crippen LogP contribution >= 0.6 is 0 Å². The first-order chi connectivity index (χ1) is 10.3. The molecule has 0 N–H and O–H groups in total. The van der Waals surface area contributed by atoms with E-state index >= 15 is 0 Å². The standard InChI is InChI=1S/C13H13F4NO4/c1-20-11-4-8(2-3-10(11)14)7-21-9-5-18(6-9)22-12(19)13(15,16)17/h2-4,9H,5-7H2,1H3. The molecule has 5 nitrogen and oxygen atoms in total. The molecule has 0 aliphatic carbocycles. The van der Waals surface area contributed by atoms with Crippen molar-refractivity contribution in [1.29, 1.82) is 0 Å². The highest BCUT2D eigenvalue weighted by atomic mass is 19.4. The summed E-state index contributed by atoms with van der Waals surface area (Å²) < 4.78 is 59.3. The number of carbonyl (C=O) groups is 1. The lowest BCUT2D eigenvalue weighted by Gasteiger charge is -2.36. The van der Waals surface area contributed by atoms with E-state index in [0.717, 1.165) is 5.06 Å². The van der Waals surface area contributed by atoms with E-state index in [4.69, 9.17) is 9.47 Å². The van der Waals surface area contributed by atoms with Crippen LogP contribution in [0.1, 0.15) is 5.56 Å². The highest BCUT2D eigenvalue weighted by Gasteiger charge is 2.44. The Morgan fingerprint density at radius 1 is 1.36 bits per heavy atom. The molecule has 22 heavy (non-hydrogen) atoms. The Labute approximate surface area is 123 Å². The largest absolute Gasteiger partial charge is 0.494 e. The van der Waals surface area contributed by atoms with Crippen molar-refractivity contribution in [2.45, 2.75) is 18.9 Å². The van der Waals surface area contributed by atoms with Gasteiger partial charge in [-0.15, -0.1) is 5.06 Å². The van der Waals surface area contributed by atoms with Crippen molar-refractivity contribution < 1.29 is 36.7 Å². The van der Waals surface area contributed by atoms with E-state index < -0.39 is 18.0 Å². The molecule has 1 fully saturated rings. The van der Waals surface area contributed by atoms with Gasteiger partial charge < -0.3 is 14.3 Å². The van der Waals surface area contributed by atoms with Crippen molar-refractivity contribution in [3.05, 3.63) is 29.6 Å². The van der Waals surface area contributed by atoms with Crippen LogP contribution in [-0.4, -0.2) is 43.5 Å². The minimum absolute atomic E-state index is 0.0418. The molecule has 0 unspecified atom stereocenters. The van der Waals surface area contributed by atoms with E-state index in [0.29, 0.717) is 5.56 Å². The minimum Gasteiger partial charge on any atom is -0.494 e. The zero-order valence-electron chi connectivity index (χ0n) is 11.5. The van der Waals surface area contributed by atoms with Crippen LogP contribution in [0.25, 0.3) is 0 Å². The van der Waals surface area contributed by atoms with Gasteiger partial charge in [0.2, 0.25) is 0 Å². The average Bonchev–Trinajstić information content (AvgIpc) is 2.41. The Kier molecular flexibility index (Phi) is 4.87. The van der Waals surface area contributed by atoms with E-state index in [9.17, 15) is 22.4 Å². The van der Waals surface area contributed by atoms with Crippen molar-refractivity contribution in [2.24, 2.45) is 0 Å². The normalized spacial score (nSPS) is 16.2. The maximum Gasteiger partial charge on any atom is 0.492 e. The summed E-state index contributed by atoms with van der Waals surface area (Å²) in [5.74, 6) is -2.68. The summed E-state index contributed by atoms with van der Waals surface area (Å²) in [5.41, 5.74) is 0.656. The number of ether oxygens (including phenoxy) is 2. The molecule has 1 aromatic rings. The van der Waals surface area contributed by atoms with E-state index in [1.807, 2.05) is 0 Å². The molecular weight excluding hydrogens is 310 g/mol. The maximum atomic E-state index is 13.2. The molecule has 0 saturated carbocycles. The number of hydroxylamine groups is 2. The van der Waals surface area contributed by atoms with Gasteiger partial charge in [0.25, 0.3) is 0 Å². The summed E-state index contributed by atoms with van der Waals surface area (Å²) in [7, 11) is 1.34. The van der Waals surface area contributed by atoms with Crippen LogP contribution in [0.15, 0.2) is 18.2 Å². The van der Waals surface area contributed by atoms with E-state index in [1.54, 1.807) is 0 Å². The van der Waals surface area contributed by atoms with Gasteiger partial charge in [-0.25, -0.2) is 9.18 Å². The Bertz CT molecular complexity index is 543. The highest BCUT2D eigenvalue weighted by Crippen LogP contribution is 2.22. The first-order valence-corrected chi connectivity index (χ1v) is 6.27. The van der Waals surface area contributed by atoms with Gasteiger partial charge in [-0.05, 0) is 17.7 Å². The summed E-state index contributed by atoms with van der Waals surface area (Å²) in [6.07, 6.45) is -5.38. The van der Waals surface area contributed by atoms with E-state index in [1.165, 1.54) is 25.3 Å². The van der Waals surface area contributed by atoms with Gasteiger partial charge in [-0.1, -0.05) is 6.07 Å². The fourth-order valence-electron chi connectivity index (χ4n) is 1.76. The molecule has 0 amide bonds. The summed E-state index contributed by atoms with van der Waals surface area (Å²) >= 11 is 0. The van der Waals surface area contributed by atoms with Gasteiger partial charge in [-0.2, -0.15) is 13.2 Å². The lowest BCUT2D eigenvalue weighted by atomic mass is 10.2. The number of methoxy groups -OCH3 is 1. The minimum atomic E-state index is -5.02. The average molecular weight is 323 g/mol. The Balaban J connectivity index is 1.73. The summed E-state index contributed by atoms with van der Waals surface area (Å²) in [4.78, 5) is 14.7. The molecule has 9 heteroatoms. The van der Waals surface area contributed by atoms with Crippen molar-refractivity contribution in [2.75, 3.05) is 20.2 Å². The third-order valence-corrected chi connectivity index (χ3v) is 2.96. The number of halogens is 4. The smallest absolute Gasteiger partial charge is 0.492 e. The Morgan fingerprint density at radius 3 is 2.64 bits per heavy atom. The van der Waals surface area contributed by atoms with Gasteiger partial charge >= 0.3 is 12.1 Å². The fraction of sp³-hybridized carbons (Fsp3) is 0.462. The quantitative estimate of drug-likeness (QED) is 0.776. The molecular formula is C13H13F4NO4. The number of alkyl halides is 3. The van der Waals surface area contributed by atoms with Crippen LogP contribution in [0.4, 0.5) is 17.6 Å². The second kappa shape index (κ2) is 6.49. The van der Waals surface area contributed by atoms with Gasteiger partial charge in [0.1, 0.15) is 0 Å². The van der Waals surface area contributed by atoms with Crippen LogP contribution in [0.2, 0.25) is 0 Å². The molecule has 1 aliphatic rings. The van der Waals surface area contributed by atoms with Crippen LogP contribution in [0.3, 0.4) is 0 Å². The molecule has 1 aliphatic heterocycles. The molecule has 0 radical (unpaired) electrons. The number of hydrogen-bond acceptors (Lipinski definition) is 5. The molecule has 1 saturated heterocycles. The van der Waals surface area contributed by atoms with Gasteiger partial charge in [0.05, 0.1) is 32.9 Å². The summed E-state index contributed by atoms with van der Waals surface area (Å²) in [6, 6.07) is 4.21. The lowest BCUT2D eigenvalue weighted by molar-refractivity contribution is -0.269. The molecule has 2 rings (SSSR count). The third kappa shape index (κ3) is 4.08.